The Morgan fingerprint density at radius 3 is 2.86 bits per heavy atom. The fourth-order valence-electron chi connectivity index (χ4n) is 3.34. The third kappa shape index (κ3) is 3.14. The summed E-state index contributed by atoms with van der Waals surface area (Å²) in [5.41, 5.74) is 8.29. The minimum atomic E-state index is -0.582. The highest BCUT2D eigenvalue weighted by molar-refractivity contribution is 9.10. The maximum Gasteiger partial charge on any atom is 0.293 e. The Labute approximate surface area is 169 Å². The van der Waals surface area contributed by atoms with Crippen molar-refractivity contribution in [3.63, 3.8) is 0 Å². The van der Waals surface area contributed by atoms with Gasteiger partial charge in [-0.3, -0.25) is 4.79 Å². The second-order valence-electron chi connectivity index (χ2n) is 7.18. The molecule has 28 heavy (non-hydrogen) atoms. The Kier molecular flexibility index (Phi) is 4.59. The van der Waals surface area contributed by atoms with Gasteiger partial charge in [-0.05, 0) is 46.3 Å². The molecular formula is C19H19BrFN5O2. The van der Waals surface area contributed by atoms with Gasteiger partial charge < -0.3 is 20.8 Å². The van der Waals surface area contributed by atoms with Gasteiger partial charge in [0.15, 0.2) is 0 Å². The Morgan fingerprint density at radius 2 is 2.18 bits per heavy atom. The molecule has 0 unspecified atom stereocenters. The summed E-state index contributed by atoms with van der Waals surface area (Å²) in [7, 11) is 1.46. The number of anilines is 2. The number of nitrogens with two attached hydrogens (primary N) is 1. The van der Waals surface area contributed by atoms with Crippen molar-refractivity contribution in [1.29, 1.82) is 0 Å². The number of nitrogens with one attached hydrogen (secondary N) is 2. The standard InChI is InChI=1S/C19H19BrFN5O2/c1-19(6-7-19)13-12-15(22)25-17(26-16(12)24-14(13)20)18(27)23-11-5-3-4-10(21)9(11)8-28-2/h3-5H,6-8H2,1-2H3,(H,23,27)(H3,22,24,25,26). The number of rotatable bonds is 5. The van der Waals surface area contributed by atoms with Gasteiger partial charge in [0.2, 0.25) is 5.82 Å². The summed E-state index contributed by atoms with van der Waals surface area (Å²) in [5, 5.41) is 3.37. The number of H-pyrrole nitrogens is 1. The molecule has 0 saturated heterocycles. The van der Waals surface area contributed by atoms with E-state index in [1.54, 1.807) is 6.07 Å². The maximum atomic E-state index is 14.0. The third-order valence-corrected chi connectivity index (χ3v) is 5.69. The molecule has 2 heterocycles. The van der Waals surface area contributed by atoms with Crippen LogP contribution in [-0.2, 0) is 16.8 Å². The number of amides is 1. The first-order valence-electron chi connectivity index (χ1n) is 8.77. The number of hydrogen-bond donors (Lipinski definition) is 3. The second-order valence-corrected chi connectivity index (χ2v) is 7.98. The predicted octanol–water partition coefficient (Wildman–Crippen LogP) is 3.89. The minimum absolute atomic E-state index is 0.0236. The van der Waals surface area contributed by atoms with Crippen LogP contribution in [-0.4, -0.2) is 28.0 Å². The van der Waals surface area contributed by atoms with E-state index in [0.717, 1.165) is 28.4 Å². The molecule has 0 spiro atoms. The Balaban J connectivity index is 1.71. The summed E-state index contributed by atoms with van der Waals surface area (Å²) in [6.07, 6.45) is 2.12. The highest BCUT2D eigenvalue weighted by atomic mass is 79.9. The first kappa shape index (κ1) is 18.8. The van der Waals surface area contributed by atoms with E-state index >= 15 is 0 Å². The van der Waals surface area contributed by atoms with Crippen LogP contribution in [0.3, 0.4) is 0 Å². The van der Waals surface area contributed by atoms with Gasteiger partial charge in [-0.1, -0.05) is 13.0 Å². The number of hydrogen-bond acceptors (Lipinski definition) is 5. The molecule has 1 aliphatic carbocycles. The van der Waals surface area contributed by atoms with Crippen LogP contribution in [0.15, 0.2) is 22.8 Å². The van der Waals surface area contributed by atoms with E-state index in [0.29, 0.717) is 11.3 Å². The number of nitrogens with zero attached hydrogens (tertiary/aromatic N) is 2. The highest BCUT2D eigenvalue weighted by Crippen LogP contribution is 2.53. The second kappa shape index (κ2) is 6.82. The molecule has 146 valence electrons. The predicted molar refractivity (Wildman–Crippen MR) is 108 cm³/mol. The number of ether oxygens (including phenoxy) is 1. The summed E-state index contributed by atoms with van der Waals surface area (Å²) in [6.45, 7) is 2.18. The van der Waals surface area contributed by atoms with Crippen molar-refractivity contribution in [2.24, 2.45) is 0 Å². The number of methoxy groups -OCH3 is 1. The Bertz CT molecular complexity index is 1090. The third-order valence-electron chi connectivity index (χ3n) is 5.10. The Morgan fingerprint density at radius 1 is 1.43 bits per heavy atom. The molecule has 1 saturated carbocycles. The summed E-state index contributed by atoms with van der Waals surface area (Å²) in [4.78, 5) is 24.4. The molecule has 2 aromatic heterocycles. The zero-order valence-electron chi connectivity index (χ0n) is 15.4. The molecule has 4 N–H and O–H groups in total. The molecule has 0 bridgehead atoms. The number of aromatic nitrogens is 3. The van der Waals surface area contributed by atoms with Crippen LogP contribution < -0.4 is 11.1 Å². The van der Waals surface area contributed by atoms with Crippen molar-refractivity contribution < 1.29 is 13.9 Å². The lowest BCUT2D eigenvalue weighted by atomic mass is 9.99. The molecule has 1 aromatic carbocycles. The van der Waals surface area contributed by atoms with Crippen LogP contribution in [0, 0.1) is 5.82 Å². The molecule has 0 aliphatic heterocycles. The molecular weight excluding hydrogens is 429 g/mol. The van der Waals surface area contributed by atoms with Gasteiger partial charge in [0.25, 0.3) is 5.91 Å². The number of benzene rings is 1. The molecule has 1 amide bonds. The first-order valence-corrected chi connectivity index (χ1v) is 9.56. The molecule has 9 heteroatoms. The van der Waals surface area contributed by atoms with Gasteiger partial charge in [-0.2, -0.15) is 0 Å². The largest absolute Gasteiger partial charge is 0.383 e. The first-order chi connectivity index (χ1) is 13.3. The summed E-state index contributed by atoms with van der Waals surface area (Å²) in [6, 6.07) is 4.41. The van der Waals surface area contributed by atoms with Crippen molar-refractivity contribution in [1.82, 2.24) is 15.0 Å². The lowest BCUT2D eigenvalue weighted by Crippen LogP contribution is -2.18. The topological polar surface area (TPSA) is 106 Å². The quantitative estimate of drug-likeness (QED) is 0.549. The summed E-state index contributed by atoms with van der Waals surface area (Å²) >= 11 is 3.53. The van der Waals surface area contributed by atoms with Gasteiger partial charge in [-0.25, -0.2) is 14.4 Å². The lowest BCUT2D eigenvalue weighted by molar-refractivity contribution is 0.101. The number of nitrogen functional groups attached to an aromatic ring is 1. The molecule has 0 atom stereocenters. The van der Waals surface area contributed by atoms with Crippen LogP contribution in [0.1, 0.15) is 41.5 Å². The smallest absolute Gasteiger partial charge is 0.293 e. The van der Waals surface area contributed by atoms with Gasteiger partial charge in [-0.15, -0.1) is 0 Å². The van der Waals surface area contributed by atoms with E-state index in [1.165, 1.54) is 19.2 Å². The fraction of sp³-hybridized carbons (Fsp3) is 0.316. The number of aromatic amines is 1. The van der Waals surface area contributed by atoms with Crippen molar-refractivity contribution in [2.75, 3.05) is 18.2 Å². The van der Waals surface area contributed by atoms with E-state index in [4.69, 9.17) is 10.5 Å². The molecule has 4 rings (SSSR count). The summed E-state index contributed by atoms with van der Waals surface area (Å²) in [5.74, 6) is -0.914. The highest BCUT2D eigenvalue weighted by Gasteiger charge is 2.43. The van der Waals surface area contributed by atoms with Gasteiger partial charge in [0, 0.05) is 23.9 Å². The van der Waals surface area contributed by atoms with Crippen molar-refractivity contribution in [2.45, 2.75) is 31.8 Å². The maximum absolute atomic E-state index is 14.0. The van der Waals surface area contributed by atoms with Gasteiger partial charge >= 0.3 is 0 Å². The molecule has 0 radical (unpaired) electrons. The van der Waals surface area contributed by atoms with Gasteiger partial charge in [0.05, 0.1) is 16.6 Å². The number of halogens is 2. The zero-order chi connectivity index (χ0) is 20.1. The lowest BCUT2D eigenvalue weighted by Gasteiger charge is -2.12. The average molecular weight is 448 g/mol. The minimum Gasteiger partial charge on any atom is -0.383 e. The monoisotopic (exact) mass is 447 g/mol. The van der Waals surface area contributed by atoms with E-state index in [2.05, 4.69) is 43.1 Å². The van der Waals surface area contributed by atoms with E-state index in [1.807, 2.05) is 0 Å². The van der Waals surface area contributed by atoms with Crippen molar-refractivity contribution >= 4 is 44.4 Å². The Hall–Kier alpha value is -2.52. The van der Waals surface area contributed by atoms with Crippen LogP contribution in [0.5, 0.6) is 0 Å². The molecule has 1 aliphatic rings. The zero-order valence-corrected chi connectivity index (χ0v) is 17.0. The molecule has 3 aromatic rings. The van der Waals surface area contributed by atoms with E-state index in [-0.39, 0.29) is 29.2 Å². The molecule has 1 fully saturated rings. The summed E-state index contributed by atoms with van der Waals surface area (Å²) < 4.78 is 19.8. The van der Waals surface area contributed by atoms with Crippen LogP contribution >= 0.6 is 15.9 Å². The normalized spacial score (nSPS) is 15.0. The number of carbonyl (C=O) groups is 1. The number of fused-ring (bicyclic) bond motifs is 1. The fourth-order valence-corrected chi connectivity index (χ4v) is 4.21. The van der Waals surface area contributed by atoms with Crippen LogP contribution in [0.4, 0.5) is 15.9 Å². The van der Waals surface area contributed by atoms with Crippen LogP contribution in [0.25, 0.3) is 11.0 Å². The van der Waals surface area contributed by atoms with Crippen molar-refractivity contribution in [3.8, 4) is 0 Å². The SMILES string of the molecule is COCc1c(F)cccc1NC(=O)c1nc(N)c2c(C3(C)CC3)c(Br)[nH]c2n1. The van der Waals surface area contributed by atoms with E-state index < -0.39 is 11.7 Å². The number of carbonyl (C=O) groups excluding carboxylic acids is 1. The molecule has 7 nitrogen and oxygen atoms in total. The van der Waals surface area contributed by atoms with Gasteiger partial charge in [0.1, 0.15) is 17.3 Å². The van der Waals surface area contributed by atoms with Crippen molar-refractivity contribution in [3.05, 3.63) is 45.6 Å². The average Bonchev–Trinajstić information content (AvgIpc) is 3.28. The van der Waals surface area contributed by atoms with Crippen LogP contribution in [0.2, 0.25) is 0 Å². The van der Waals surface area contributed by atoms with E-state index in [9.17, 15) is 9.18 Å².